The van der Waals surface area contributed by atoms with Gasteiger partial charge in [-0.15, -0.1) is 0 Å². The van der Waals surface area contributed by atoms with Crippen LogP contribution in [0, 0.1) is 5.92 Å². The minimum atomic E-state index is 0.685. The summed E-state index contributed by atoms with van der Waals surface area (Å²) < 4.78 is 0. The van der Waals surface area contributed by atoms with Crippen LogP contribution in [0.15, 0.2) is 12.2 Å². The first kappa shape index (κ1) is 11.7. The fraction of sp³-hybridized carbons (Fsp3) is 0.818. The van der Waals surface area contributed by atoms with Crippen LogP contribution in [0.5, 0.6) is 0 Å². The van der Waals surface area contributed by atoms with Crippen molar-refractivity contribution in [2.45, 2.75) is 46.0 Å². The average Bonchev–Trinajstić information content (AvgIpc) is 2.11. The molecule has 0 aromatic rings. The summed E-state index contributed by atoms with van der Waals surface area (Å²) in [4.78, 5) is 0. The molecule has 0 radical (unpaired) electrons. The third kappa shape index (κ3) is 6.41. The molecular formula is C11H23N. The molecule has 2 N–H and O–H groups in total. The van der Waals surface area contributed by atoms with Crippen LogP contribution in [0.1, 0.15) is 46.0 Å². The molecule has 0 aliphatic rings. The fourth-order valence-electron chi connectivity index (χ4n) is 1.36. The number of hydrogen-bond acceptors (Lipinski definition) is 1. The molecule has 0 saturated carbocycles. The molecule has 12 heavy (non-hydrogen) atoms. The van der Waals surface area contributed by atoms with Gasteiger partial charge in [-0.3, -0.25) is 0 Å². The molecule has 0 heterocycles. The molecule has 0 aliphatic heterocycles. The van der Waals surface area contributed by atoms with E-state index in [0.29, 0.717) is 6.54 Å². The summed E-state index contributed by atoms with van der Waals surface area (Å²) >= 11 is 0. The van der Waals surface area contributed by atoms with Crippen LogP contribution in [0.2, 0.25) is 0 Å². The molecule has 1 nitrogen and oxygen atoms in total. The van der Waals surface area contributed by atoms with Crippen molar-refractivity contribution in [1.82, 2.24) is 0 Å². The van der Waals surface area contributed by atoms with E-state index in [0.717, 1.165) is 5.92 Å². The van der Waals surface area contributed by atoms with Crippen molar-refractivity contribution in [3.63, 3.8) is 0 Å². The average molecular weight is 169 g/mol. The second-order valence-electron chi connectivity index (χ2n) is 3.33. The highest BCUT2D eigenvalue weighted by Gasteiger charge is 1.99. The molecule has 0 aromatic heterocycles. The Kier molecular flexibility index (Phi) is 8.57. The lowest BCUT2D eigenvalue weighted by Crippen LogP contribution is -1.98. The monoisotopic (exact) mass is 169 g/mol. The Morgan fingerprint density at radius 1 is 1.25 bits per heavy atom. The largest absolute Gasteiger partial charge is 0.327 e. The zero-order valence-electron chi connectivity index (χ0n) is 8.55. The topological polar surface area (TPSA) is 26.0 Å². The van der Waals surface area contributed by atoms with Crippen molar-refractivity contribution in [3.8, 4) is 0 Å². The first-order valence-corrected chi connectivity index (χ1v) is 5.21. The van der Waals surface area contributed by atoms with Gasteiger partial charge in [0, 0.05) is 6.54 Å². The molecule has 0 aromatic carbocycles. The van der Waals surface area contributed by atoms with Gasteiger partial charge in [-0.25, -0.2) is 0 Å². The van der Waals surface area contributed by atoms with Gasteiger partial charge in [0.1, 0.15) is 0 Å². The van der Waals surface area contributed by atoms with Gasteiger partial charge in [-0.05, 0) is 18.8 Å². The minimum absolute atomic E-state index is 0.685. The van der Waals surface area contributed by atoms with Crippen LogP contribution in [-0.2, 0) is 0 Å². The maximum atomic E-state index is 5.40. The second kappa shape index (κ2) is 8.79. The molecule has 0 amide bonds. The molecule has 1 unspecified atom stereocenters. The van der Waals surface area contributed by atoms with E-state index < -0.39 is 0 Å². The second-order valence-corrected chi connectivity index (χ2v) is 3.33. The summed E-state index contributed by atoms with van der Waals surface area (Å²) in [6.07, 6.45) is 11.0. The van der Waals surface area contributed by atoms with E-state index in [1.165, 1.54) is 32.1 Å². The summed E-state index contributed by atoms with van der Waals surface area (Å²) in [5, 5.41) is 0. The molecule has 0 bridgehead atoms. The Labute approximate surface area is 77.0 Å². The summed E-state index contributed by atoms with van der Waals surface area (Å²) in [6, 6.07) is 0. The number of unbranched alkanes of at least 4 members (excludes halogenated alkanes) is 2. The highest BCUT2D eigenvalue weighted by molar-refractivity contribution is 4.88. The van der Waals surface area contributed by atoms with Crippen molar-refractivity contribution in [2.75, 3.05) is 6.54 Å². The molecule has 0 fully saturated rings. The van der Waals surface area contributed by atoms with E-state index in [1.54, 1.807) is 0 Å². The lowest BCUT2D eigenvalue weighted by molar-refractivity contribution is 0.526. The smallest absolute Gasteiger partial charge is 0.0106 e. The van der Waals surface area contributed by atoms with E-state index in [2.05, 4.69) is 26.0 Å². The van der Waals surface area contributed by atoms with Crippen LogP contribution in [0.3, 0.4) is 0 Å². The number of hydrogen-bond donors (Lipinski definition) is 1. The van der Waals surface area contributed by atoms with E-state index in [-0.39, 0.29) is 0 Å². The fourth-order valence-corrected chi connectivity index (χ4v) is 1.36. The van der Waals surface area contributed by atoms with Crippen LogP contribution in [-0.4, -0.2) is 6.54 Å². The summed E-state index contributed by atoms with van der Waals surface area (Å²) in [7, 11) is 0. The van der Waals surface area contributed by atoms with Gasteiger partial charge >= 0.3 is 0 Å². The van der Waals surface area contributed by atoms with Gasteiger partial charge in [-0.2, -0.15) is 0 Å². The number of nitrogens with two attached hydrogens (primary N) is 1. The molecule has 1 atom stereocenters. The maximum absolute atomic E-state index is 5.40. The zero-order valence-corrected chi connectivity index (χ0v) is 8.55. The predicted octanol–water partition coefficient (Wildman–Crippen LogP) is 3.11. The van der Waals surface area contributed by atoms with Gasteiger partial charge in [0.25, 0.3) is 0 Å². The molecule has 0 aliphatic carbocycles. The first-order valence-electron chi connectivity index (χ1n) is 5.21. The van der Waals surface area contributed by atoms with Crippen LogP contribution in [0.4, 0.5) is 0 Å². The minimum Gasteiger partial charge on any atom is -0.327 e. The van der Waals surface area contributed by atoms with Gasteiger partial charge in [-0.1, -0.05) is 45.3 Å². The molecule has 0 saturated heterocycles. The molecule has 0 spiro atoms. The molecule has 1 heteroatoms. The van der Waals surface area contributed by atoms with Gasteiger partial charge in [0.15, 0.2) is 0 Å². The summed E-state index contributed by atoms with van der Waals surface area (Å²) in [6.45, 7) is 5.18. The normalized spacial score (nSPS) is 13.9. The quantitative estimate of drug-likeness (QED) is 0.460. The van der Waals surface area contributed by atoms with Crippen molar-refractivity contribution >= 4 is 0 Å². The standard InChI is InChI=1S/C11H23N/c1-3-5-6-8-11(4-2)9-7-10-12/h7,9,11H,3-6,8,10,12H2,1-2H3/b9-7+. The van der Waals surface area contributed by atoms with Crippen LogP contribution >= 0.6 is 0 Å². The van der Waals surface area contributed by atoms with Crippen molar-refractivity contribution in [3.05, 3.63) is 12.2 Å². The predicted molar refractivity (Wildman–Crippen MR) is 56.1 cm³/mol. The lowest BCUT2D eigenvalue weighted by Gasteiger charge is -2.08. The van der Waals surface area contributed by atoms with Crippen molar-refractivity contribution in [2.24, 2.45) is 11.7 Å². The Morgan fingerprint density at radius 2 is 2.00 bits per heavy atom. The summed E-state index contributed by atoms with van der Waals surface area (Å²) in [5.41, 5.74) is 5.40. The highest BCUT2D eigenvalue weighted by atomic mass is 14.5. The Balaban J connectivity index is 3.46. The summed E-state index contributed by atoms with van der Waals surface area (Å²) in [5.74, 6) is 0.764. The highest BCUT2D eigenvalue weighted by Crippen LogP contribution is 2.14. The Hall–Kier alpha value is -0.300. The first-order chi connectivity index (χ1) is 5.85. The number of allylic oxidation sites excluding steroid dienone is 1. The van der Waals surface area contributed by atoms with E-state index in [1.807, 2.05) is 0 Å². The van der Waals surface area contributed by atoms with Gasteiger partial charge in [0.05, 0.1) is 0 Å². The van der Waals surface area contributed by atoms with Crippen molar-refractivity contribution in [1.29, 1.82) is 0 Å². The van der Waals surface area contributed by atoms with Gasteiger partial charge < -0.3 is 5.73 Å². The Morgan fingerprint density at radius 3 is 2.50 bits per heavy atom. The van der Waals surface area contributed by atoms with Crippen LogP contribution in [0.25, 0.3) is 0 Å². The third-order valence-electron chi connectivity index (χ3n) is 2.25. The van der Waals surface area contributed by atoms with Crippen molar-refractivity contribution < 1.29 is 0 Å². The maximum Gasteiger partial charge on any atom is 0.0106 e. The van der Waals surface area contributed by atoms with E-state index in [4.69, 9.17) is 5.73 Å². The SMILES string of the molecule is CCCCCC(/C=C/CN)CC. The molecular weight excluding hydrogens is 146 g/mol. The lowest BCUT2D eigenvalue weighted by atomic mass is 9.98. The van der Waals surface area contributed by atoms with Gasteiger partial charge in [0.2, 0.25) is 0 Å². The van der Waals surface area contributed by atoms with E-state index in [9.17, 15) is 0 Å². The Bertz CT molecular complexity index is 108. The third-order valence-corrected chi connectivity index (χ3v) is 2.25. The van der Waals surface area contributed by atoms with E-state index >= 15 is 0 Å². The van der Waals surface area contributed by atoms with Crippen LogP contribution < -0.4 is 5.73 Å². The molecule has 72 valence electrons. The number of rotatable bonds is 7. The molecule has 0 rings (SSSR count). The zero-order chi connectivity index (χ0) is 9.23.